The number of aliphatic hydroxyl groups is 1. The van der Waals surface area contributed by atoms with Crippen molar-refractivity contribution in [2.75, 3.05) is 13.7 Å². The maximum Gasteiger partial charge on any atom is 0.162 e. The van der Waals surface area contributed by atoms with Gasteiger partial charge in [0.15, 0.2) is 11.5 Å². The van der Waals surface area contributed by atoms with Crippen molar-refractivity contribution in [1.82, 2.24) is 5.32 Å². The van der Waals surface area contributed by atoms with Gasteiger partial charge in [-0.25, -0.2) is 0 Å². The zero-order valence-electron chi connectivity index (χ0n) is 14.9. The summed E-state index contributed by atoms with van der Waals surface area (Å²) in [5, 5.41) is 13.7. The molecule has 0 unspecified atom stereocenters. The molecule has 0 aliphatic rings. The molecule has 7 heteroatoms. The van der Waals surface area contributed by atoms with E-state index in [-0.39, 0.29) is 12.1 Å². The van der Waals surface area contributed by atoms with Gasteiger partial charge in [0.05, 0.1) is 23.8 Å². The predicted molar refractivity (Wildman–Crippen MR) is 109 cm³/mol. The van der Waals surface area contributed by atoms with Crippen LogP contribution in [0.25, 0.3) is 0 Å². The molecule has 0 aromatic heterocycles. The molecule has 0 amide bonds. The lowest BCUT2D eigenvalue weighted by molar-refractivity contribution is 0.187. The van der Waals surface area contributed by atoms with E-state index in [0.717, 1.165) is 15.6 Å². The Bertz CT molecular complexity index is 769. The first-order chi connectivity index (χ1) is 12.3. The molecule has 4 nitrogen and oxygen atoms in total. The van der Waals surface area contributed by atoms with Gasteiger partial charge in [-0.05, 0) is 49.2 Å². The lowest BCUT2D eigenvalue weighted by atomic mass is 10.1. The Hall–Kier alpha value is -0.980. The van der Waals surface area contributed by atoms with Crippen molar-refractivity contribution in [2.45, 2.75) is 32.5 Å². The molecule has 142 valence electrons. The van der Waals surface area contributed by atoms with E-state index in [1.165, 1.54) is 0 Å². The second-order valence-electron chi connectivity index (χ2n) is 6.53. The van der Waals surface area contributed by atoms with E-state index in [9.17, 15) is 5.11 Å². The van der Waals surface area contributed by atoms with Gasteiger partial charge in [0.25, 0.3) is 0 Å². The highest BCUT2D eigenvalue weighted by Gasteiger charge is 2.17. The second kappa shape index (κ2) is 9.29. The molecule has 0 aliphatic heterocycles. The summed E-state index contributed by atoms with van der Waals surface area (Å²) in [5.41, 5.74) is 1.55. The Morgan fingerprint density at radius 3 is 2.46 bits per heavy atom. The van der Waals surface area contributed by atoms with E-state index in [0.29, 0.717) is 34.7 Å². The lowest BCUT2D eigenvalue weighted by Crippen LogP contribution is -2.42. The Kier molecular flexibility index (Phi) is 7.62. The molecule has 2 aromatic carbocycles. The SMILES string of the molecule is COc1cc(CNC(C)(C)CO)c(Br)cc1OCc1ccc(Cl)c(Cl)c1. The Labute approximate surface area is 172 Å². The average Bonchev–Trinajstić information content (AvgIpc) is 2.61. The summed E-state index contributed by atoms with van der Waals surface area (Å²) < 4.78 is 12.2. The largest absolute Gasteiger partial charge is 0.493 e. The van der Waals surface area contributed by atoms with E-state index in [1.54, 1.807) is 19.2 Å². The maximum atomic E-state index is 9.36. The van der Waals surface area contributed by atoms with E-state index >= 15 is 0 Å². The fraction of sp³-hybridized carbons (Fsp3) is 0.368. The number of hydrogen-bond donors (Lipinski definition) is 2. The van der Waals surface area contributed by atoms with Crippen LogP contribution >= 0.6 is 39.1 Å². The van der Waals surface area contributed by atoms with Crippen LogP contribution in [0, 0.1) is 0 Å². The molecule has 2 N–H and O–H groups in total. The molecule has 0 saturated carbocycles. The van der Waals surface area contributed by atoms with Gasteiger partial charge >= 0.3 is 0 Å². The minimum absolute atomic E-state index is 0.0482. The first-order valence-corrected chi connectivity index (χ1v) is 9.59. The quantitative estimate of drug-likeness (QED) is 0.565. The number of nitrogens with one attached hydrogen (secondary N) is 1. The zero-order chi connectivity index (χ0) is 19.3. The van der Waals surface area contributed by atoms with E-state index in [2.05, 4.69) is 21.2 Å². The molecule has 0 fully saturated rings. The minimum Gasteiger partial charge on any atom is -0.493 e. The molecule has 2 aromatic rings. The summed E-state index contributed by atoms with van der Waals surface area (Å²) in [5.74, 6) is 1.25. The zero-order valence-corrected chi connectivity index (χ0v) is 18.0. The fourth-order valence-electron chi connectivity index (χ4n) is 2.17. The van der Waals surface area contributed by atoms with Crippen LogP contribution in [0.15, 0.2) is 34.8 Å². The minimum atomic E-state index is -0.365. The van der Waals surface area contributed by atoms with E-state index < -0.39 is 0 Å². The first-order valence-electron chi connectivity index (χ1n) is 8.05. The van der Waals surface area contributed by atoms with Crippen LogP contribution in [-0.4, -0.2) is 24.4 Å². The highest BCUT2D eigenvalue weighted by molar-refractivity contribution is 9.10. The fourth-order valence-corrected chi connectivity index (χ4v) is 2.95. The third-order valence-corrected chi connectivity index (χ3v) is 5.34. The van der Waals surface area contributed by atoms with Gasteiger partial charge in [0.1, 0.15) is 6.61 Å². The maximum absolute atomic E-state index is 9.36. The van der Waals surface area contributed by atoms with Crippen molar-refractivity contribution in [3.63, 3.8) is 0 Å². The van der Waals surface area contributed by atoms with E-state index in [4.69, 9.17) is 32.7 Å². The normalized spacial score (nSPS) is 11.5. The third kappa shape index (κ3) is 5.76. The summed E-state index contributed by atoms with van der Waals surface area (Å²) >= 11 is 15.5. The van der Waals surface area contributed by atoms with Crippen LogP contribution in [0.4, 0.5) is 0 Å². The van der Waals surface area contributed by atoms with Crippen LogP contribution in [-0.2, 0) is 13.2 Å². The molecule has 0 atom stereocenters. The van der Waals surface area contributed by atoms with Gasteiger partial charge in [-0.15, -0.1) is 0 Å². The van der Waals surface area contributed by atoms with Crippen LogP contribution in [0.5, 0.6) is 11.5 Å². The smallest absolute Gasteiger partial charge is 0.162 e. The van der Waals surface area contributed by atoms with Crippen molar-refractivity contribution < 1.29 is 14.6 Å². The standard InChI is InChI=1S/C19H22BrCl2NO3/c1-19(2,11-24)23-9-13-7-17(25-3)18(8-14(13)20)26-10-12-4-5-15(21)16(22)6-12/h4-8,23-24H,9-11H2,1-3H3. The molecule has 26 heavy (non-hydrogen) atoms. The van der Waals surface area contributed by atoms with Gasteiger partial charge in [-0.3, -0.25) is 0 Å². The van der Waals surface area contributed by atoms with Crippen LogP contribution < -0.4 is 14.8 Å². The summed E-state index contributed by atoms with van der Waals surface area (Å²) in [6, 6.07) is 9.17. The van der Waals surface area contributed by atoms with Crippen molar-refractivity contribution in [1.29, 1.82) is 0 Å². The Morgan fingerprint density at radius 1 is 1.12 bits per heavy atom. The van der Waals surface area contributed by atoms with Crippen molar-refractivity contribution in [3.05, 3.63) is 56.0 Å². The van der Waals surface area contributed by atoms with Crippen LogP contribution in [0.2, 0.25) is 10.0 Å². The number of rotatable bonds is 8. The molecule has 0 bridgehead atoms. The average molecular weight is 463 g/mol. The van der Waals surface area contributed by atoms with Gasteiger partial charge < -0.3 is 19.9 Å². The van der Waals surface area contributed by atoms with Gasteiger partial charge in [-0.1, -0.05) is 45.2 Å². The Morgan fingerprint density at radius 2 is 1.85 bits per heavy atom. The molecule has 0 aliphatic carbocycles. The molecule has 2 rings (SSSR count). The molecule has 0 radical (unpaired) electrons. The van der Waals surface area contributed by atoms with Crippen LogP contribution in [0.3, 0.4) is 0 Å². The van der Waals surface area contributed by atoms with Crippen LogP contribution in [0.1, 0.15) is 25.0 Å². The number of aliphatic hydroxyl groups excluding tert-OH is 1. The monoisotopic (exact) mass is 461 g/mol. The topological polar surface area (TPSA) is 50.7 Å². The Balaban J connectivity index is 2.13. The van der Waals surface area contributed by atoms with Gasteiger partial charge in [0, 0.05) is 16.6 Å². The summed E-state index contributed by atoms with van der Waals surface area (Å²) in [4.78, 5) is 0. The molecule has 0 saturated heterocycles. The van der Waals surface area contributed by atoms with Crippen molar-refractivity contribution in [3.8, 4) is 11.5 Å². The van der Waals surface area contributed by atoms with Gasteiger partial charge in [-0.2, -0.15) is 0 Å². The summed E-state index contributed by atoms with van der Waals surface area (Å²) in [6.07, 6.45) is 0. The first kappa shape index (κ1) is 21.3. The molecule has 0 spiro atoms. The number of methoxy groups -OCH3 is 1. The second-order valence-corrected chi connectivity index (χ2v) is 8.20. The highest BCUT2D eigenvalue weighted by Crippen LogP contribution is 2.34. The third-order valence-electron chi connectivity index (χ3n) is 3.86. The number of ether oxygens (including phenoxy) is 2. The number of benzene rings is 2. The summed E-state index contributed by atoms with van der Waals surface area (Å²) in [7, 11) is 1.60. The van der Waals surface area contributed by atoms with Crippen molar-refractivity contribution in [2.24, 2.45) is 0 Å². The van der Waals surface area contributed by atoms with E-state index in [1.807, 2.05) is 32.0 Å². The van der Waals surface area contributed by atoms with Crippen molar-refractivity contribution >= 4 is 39.1 Å². The number of halogens is 3. The lowest BCUT2D eigenvalue weighted by Gasteiger charge is -2.24. The molecular formula is C19H22BrCl2NO3. The molecular weight excluding hydrogens is 441 g/mol. The highest BCUT2D eigenvalue weighted by atomic mass is 79.9. The van der Waals surface area contributed by atoms with Gasteiger partial charge in [0.2, 0.25) is 0 Å². The molecule has 0 heterocycles. The summed E-state index contributed by atoms with van der Waals surface area (Å²) in [6.45, 7) is 4.85. The predicted octanol–water partition coefficient (Wildman–Crippen LogP) is 5.20. The number of hydrogen-bond acceptors (Lipinski definition) is 4.